The molecular formula is C25H21NO2S. The zero-order chi connectivity index (χ0) is 20.4. The van der Waals surface area contributed by atoms with E-state index in [1.807, 2.05) is 92.7 Å². The monoisotopic (exact) mass is 399 g/mol. The summed E-state index contributed by atoms with van der Waals surface area (Å²) in [7, 11) is 0. The van der Waals surface area contributed by atoms with Gasteiger partial charge in [0, 0.05) is 4.90 Å². The highest BCUT2D eigenvalue weighted by molar-refractivity contribution is 8.04. The number of hydrogen-bond acceptors (Lipinski definition) is 3. The minimum atomic E-state index is -0.234. The second kappa shape index (κ2) is 8.10. The Hall–Kier alpha value is -3.11. The van der Waals surface area contributed by atoms with E-state index in [1.165, 1.54) is 16.7 Å². The lowest BCUT2D eigenvalue weighted by Crippen LogP contribution is -2.30. The summed E-state index contributed by atoms with van der Waals surface area (Å²) >= 11 is 1.36. The van der Waals surface area contributed by atoms with Crippen LogP contribution in [0.1, 0.15) is 22.3 Å². The molecule has 0 spiro atoms. The molecule has 0 saturated heterocycles. The quantitative estimate of drug-likeness (QED) is 0.541. The van der Waals surface area contributed by atoms with Gasteiger partial charge in [-0.05, 0) is 42.7 Å². The molecule has 1 heterocycles. The number of carbonyl (C=O) groups excluding carboxylic acids is 2. The molecule has 0 N–H and O–H groups in total. The molecule has 0 aromatic heterocycles. The highest BCUT2D eigenvalue weighted by atomic mass is 32.2. The zero-order valence-corrected chi connectivity index (χ0v) is 17.2. The summed E-state index contributed by atoms with van der Waals surface area (Å²) in [5.74, 6) is -0.466. The predicted molar refractivity (Wildman–Crippen MR) is 117 cm³/mol. The van der Waals surface area contributed by atoms with Crippen molar-refractivity contribution in [3.8, 4) is 0 Å². The first-order chi connectivity index (χ1) is 14.0. The fourth-order valence-corrected chi connectivity index (χ4v) is 4.52. The summed E-state index contributed by atoms with van der Waals surface area (Å²) in [5, 5.41) is 0. The molecule has 3 nitrogen and oxygen atoms in total. The van der Waals surface area contributed by atoms with Gasteiger partial charge in [-0.1, -0.05) is 84.1 Å². The fourth-order valence-electron chi connectivity index (χ4n) is 3.50. The maximum atomic E-state index is 13.4. The Morgan fingerprint density at radius 1 is 0.793 bits per heavy atom. The third kappa shape index (κ3) is 3.89. The largest absolute Gasteiger partial charge is 0.269 e. The number of thioether (sulfide) groups is 1. The fraction of sp³-hybridized carbons (Fsp3) is 0.120. The molecule has 0 fully saturated rings. The standard InChI is InChI=1S/C25H21NO2S/c1-17-13-14-21(18(2)15-17)22-23(29-20-11-7-4-8-12-20)25(28)26(24(22)27)16-19-9-5-3-6-10-19/h3-15H,16H2,1-2H3. The van der Waals surface area contributed by atoms with Gasteiger partial charge in [-0.25, -0.2) is 0 Å². The van der Waals surface area contributed by atoms with E-state index in [0.717, 1.165) is 27.1 Å². The highest BCUT2D eigenvalue weighted by Crippen LogP contribution is 2.41. The average Bonchev–Trinajstić information content (AvgIpc) is 2.94. The van der Waals surface area contributed by atoms with Crippen LogP contribution in [0.25, 0.3) is 5.57 Å². The second-order valence-corrected chi connectivity index (χ2v) is 8.20. The van der Waals surface area contributed by atoms with Crippen molar-refractivity contribution in [1.82, 2.24) is 4.90 Å². The van der Waals surface area contributed by atoms with Gasteiger partial charge >= 0.3 is 0 Å². The van der Waals surface area contributed by atoms with Gasteiger partial charge in [-0.2, -0.15) is 0 Å². The van der Waals surface area contributed by atoms with Crippen LogP contribution in [-0.2, 0) is 16.1 Å². The minimum absolute atomic E-state index is 0.232. The van der Waals surface area contributed by atoms with Crippen LogP contribution in [0.2, 0.25) is 0 Å². The van der Waals surface area contributed by atoms with Crippen LogP contribution in [0.4, 0.5) is 0 Å². The zero-order valence-electron chi connectivity index (χ0n) is 16.4. The van der Waals surface area contributed by atoms with E-state index in [4.69, 9.17) is 0 Å². The minimum Gasteiger partial charge on any atom is -0.269 e. The molecule has 0 aliphatic carbocycles. The van der Waals surface area contributed by atoms with E-state index < -0.39 is 0 Å². The molecule has 0 atom stereocenters. The predicted octanol–water partition coefficient (Wildman–Crippen LogP) is 5.38. The Morgan fingerprint density at radius 2 is 1.45 bits per heavy atom. The van der Waals surface area contributed by atoms with E-state index in [0.29, 0.717) is 10.5 Å². The summed E-state index contributed by atoms with van der Waals surface area (Å²) in [6.45, 7) is 4.28. The van der Waals surface area contributed by atoms with Crippen molar-refractivity contribution < 1.29 is 9.59 Å². The van der Waals surface area contributed by atoms with Crippen LogP contribution in [0, 0.1) is 13.8 Å². The number of aryl methyl sites for hydroxylation is 2. The smallest absolute Gasteiger partial charge is 0.268 e. The number of imide groups is 1. The van der Waals surface area contributed by atoms with Gasteiger partial charge in [0.05, 0.1) is 17.0 Å². The summed E-state index contributed by atoms with van der Waals surface area (Å²) in [5.41, 5.74) is 4.37. The van der Waals surface area contributed by atoms with Crippen molar-refractivity contribution >= 4 is 29.1 Å². The van der Waals surface area contributed by atoms with Crippen molar-refractivity contribution in [2.75, 3.05) is 0 Å². The topological polar surface area (TPSA) is 37.4 Å². The Kier molecular flexibility index (Phi) is 5.36. The lowest BCUT2D eigenvalue weighted by Gasteiger charge is -2.15. The highest BCUT2D eigenvalue weighted by Gasteiger charge is 2.39. The van der Waals surface area contributed by atoms with Crippen LogP contribution in [0.5, 0.6) is 0 Å². The third-order valence-corrected chi connectivity index (χ3v) is 6.01. The summed E-state index contributed by atoms with van der Waals surface area (Å²) in [6.07, 6.45) is 0. The first-order valence-electron chi connectivity index (χ1n) is 9.49. The van der Waals surface area contributed by atoms with Gasteiger partial charge in [-0.3, -0.25) is 14.5 Å². The van der Waals surface area contributed by atoms with E-state index in [9.17, 15) is 9.59 Å². The summed E-state index contributed by atoms with van der Waals surface area (Å²) in [6, 6.07) is 25.3. The molecule has 4 heteroatoms. The van der Waals surface area contributed by atoms with Gasteiger partial charge in [0.2, 0.25) is 0 Å². The van der Waals surface area contributed by atoms with E-state index >= 15 is 0 Å². The van der Waals surface area contributed by atoms with Gasteiger partial charge in [0.1, 0.15) is 0 Å². The first-order valence-corrected chi connectivity index (χ1v) is 10.3. The number of nitrogens with zero attached hydrogens (tertiary/aromatic N) is 1. The number of hydrogen-bond donors (Lipinski definition) is 0. The molecule has 2 amide bonds. The number of benzene rings is 3. The Bertz CT molecular complexity index is 1100. The van der Waals surface area contributed by atoms with Crippen LogP contribution < -0.4 is 0 Å². The Balaban J connectivity index is 1.78. The van der Waals surface area contributed by atoms with E-state index in [-0.39, 0.29) is 18.4 Å². The molecule has 0 unspecified atom stereocenters. The van der Waals surface area contributed by atoms with Crippen molar-refractivity contribution in [3.05, 3.63) is 106 Å². The van der Waals surface area contributed by atoms with Gasteiger partial charge in [0.25, 0.3) is 11.8 Å². The molecule has 0 saturated carbocycles. The number of rotatable bonds is 5. The van der Waals surface area contributed by atoms with Crippen LogP contribution in [0.15, 0.2) is 88.7 Å². The van der Waals surface area contributed by atoms with Crippen molar-refractivity contribution in [2.24, 2.45) is 0 Å². The van der Waals surface area contributed by atoms with Gasteiger partial charge in [-0.15, -0.1) is 0 Å². The molecule has 3 aromatic rings. The molecule has 0 bridgehead atoms. The molecule has 1 aliphatic heterocycles. The third-order valence-electron chi connectivity index (χ3n) is 4.92. The van der Waals surface area contributed by atoms with Crippen LogP contribution in [-0.4, -0.2) is 16.7 Å². The van der Waals surface area contributed by atoms with Gasteiger partial charge in [0.15, 0.2) is 0 Å². The van der Waals surface area contributed by atoms with Gasteiger partial charge < -0.3 is 0 Å². The molecule has 0 radical (unpaired) electrons. The number of carbonyl (C=O) groups is 2. The maximum absolute atomic E-state index is 13.4. The van der Waals surface area contributed by atoms with Crippen molar-refractivity contribution in [1.29, 1.82) is 0 Å². The maximum Gasteiger partial charge on any atom is 0.268 e. The second-order valence-electron chi connectivity index (χ2n) is 7.12. The molecule has 3 aromatic carbocycles. The molecule has 29 heavy (non-hydrogen) atoms. The molecule has 1 aliphatic rings. The molecule has 144 valence electrons. The summed E-state index contributed by atoms with van der Waals surface area (Å²) < 4.78 is 0. The van der Waals surface area contributed by atoms with Crippen LogP contribution >= 0.6 is 11.8 Å². The van der Waals surface area contributed by atoms with Crippen molar-refractivity contribution in [3.63, 3.8) is 0 Å². The first kappa shape index (κ1) is 19.2. The lowest BCUT2D eigenvalue weighted by atomic mass is 9.99. The van der Waals surface area contributed by atoms with Crippen molar-refractivity contribution in [2.45, 2.75) is 25.3 Å². The lowest BCUT2D eigenvalue weighted by molar-refractivity contribution is -0.137. The molecule has 4 rings (SSSR count). The molecular weight excluding hydrogens is 378 g/mol. The SMILES string of the molecule is Cc1ccc(C2=C(Sc3ccccc3)C(=O)N(Cc3ccccc3)C2=O)c(C)c1. The van der Waals surface area contributed by atoms with E-state index in [2.05, 4.69) is 0 Å². The normalized spacial score (nSPS) is 14.1. The number of amides is 2. The van der Waals surface area contributed by atoms with E-state index in [1.54, 1.807) is 0 Å². The Labute approximate surface area is 175 Å². The van der Waals surface area contributed by atoms with Crippen LogP contribution in [0.3, 0.4) is 0 Å². The average molecular weight is 400 g/mol. The summed E-state index contributed by atoms with van der Waals surface area (Å²) in [4.78, 5) is 29.5. The Morgan fingerprint density at radius 3 is 2.10 bits per heavy atom.